The zero-order valence-electron chi connectivity index (χ0n) is 7.70. The Kier molecular flexibility index (Phi) is 4.15. The van der Waals surface area contributed by atoms with Crippen molar-refractivity contribution in [2.75, 3.05) is 0 Å². The van der Waals surface area contributed by atoms with Crippen molar-refractivity contribution >= 4 is 0 Å². The van der Waals surface area contributed by atoms with Crippen LogP contribution in [0.3, 0.4) is 0 Å². The molecule has 0 aromatic carbocycles. The first-order valence-electron chi connectivity index (χ1n) is 4.83. The summed E-state index contributed by atoms with van der Waals surface area (Å²) in [4.78, 5) is 0. The highest BCUT2D eigenvalue weighted by atomic mass is 16.6. The third kappa shape index (κ3) is 3.26. The fourth-order valence-electron chi connectivity index (χ4n) is 1.43. The van der Waals surface area contributed by atoms with Gasteiger partial charge in [-0.25, -0.2) is 0 Å². The number of aliphatic hydroxyl groups excluding tert-OH is 1. The normalized spacial score (nSPS) is 28.1. The predicted octanol–water partition coefficient (Wildman–Crippen LogP) is 2.80. The fraction of sp³-hybridized carbons (Fsp3) is 0.800. The first-order valence-corrected chi connectivity index (χ1v) is 4.83. The van der Waals surface area contributed by atoms with Crippen LogP contribution in [-0.2, 0) is 4.74 Å². The van der Waals surface area contributed by atoms with E-state index in [2.05, 4.69) is 6.92 Å². The van der Waals surface area contributed by atoms with E-state index in [1.165, 1.54) is 25.7 Å². The fourth-order valence-corrected chi connectivity index (χ4v) is 1.43. The van der Waals surface area contributed by atoms with Gasteiger partial charge in [0.25, 0.3) is 0 Å². The van der Waals surface area contributed by atoms with Crippen molar-refractivity contribution in [3.05, 3.63) is 12.3 Å². The number of rotatable bonds is 6. The van der Waals surface area contributed by atoms with Crippen molar-refractivity contribution in [1.29, 1.82) is 0 Å². The first-order chi connectivity index (χ1) is 5.88. The Labute approximate surface area is 74.2 Å². The summed E-state index contributed by atoms with van der Waals surface area (Å²) in [6, 6.07) is 0. The van der Waals surface area contributed by atoms with Gasteiger partial charge in [-0.15, -0.1) is 0 Å². The van der Waals surface area contributed by atoms with Gasteiger partial charge in [-0.05, 0) is 18.9 Å². The van der Waals surface area contributed by atoms with Gasteiger partial charge in [0.2, 0.25) is 0 Å². The number of unbranched alkanes of at least 4 members (excludes halogenated alkanes) is 2. The molecule has 0 aromatic heterocycles. The molecule has 70 valence electrons. The van der Waals surface area contributed by atoms with Gasteiger partial charge in [-0.2, -0.15) is 0 Å². The summed E-state index contributed by atoms with van der Waals surface area (Å²) in [6.45, 7) is 2.21. The lowest BCUT2D eigenvalue weighted by atomic mass is 10.1. The van der Waals surface area contributed by atoms with Crippen LogP contribution >= 0.6 is 0 Å². The minimum Gasteiger partial charge on any atom is -0.516 e. The topological polar surface area (TPSA) is 32.8 Å². The molecule has 0 aliphatic carbocycles. The molecule has 2 heteroatoms. The van der Waals surface area contributed by atoms with Crippen LogP contribution in [0, 0.1) is 0 Å². The Hall–Kier alpha value is -0.500. The van der Waals surface area contributed by atoms with E-state index in [0.717, 1.165) is 12.7 Å². The molecule has 1 heterocycles. The average molecular weight is 170 g/mol. The quantitative estimate of drug-likeness (QED) is 0.377. The second kappa shape index (κ2) is 5.20. The molecule has 1 saturated heterocycles. The first kappa shape index (κ1) is 9.59. The molecule has 0 bridgehead atoms. The van der Waals surface area contributed by atoms with Gasteiger partial charge < -0.3 is 9.84 Å². The molecule has 0 radical (unpaired) electrons. The van der Waals surface area contributed by atoms with Crippen LogP contribution in [0.4, 0.5) is 0 Å². The summed E-state index contributed by atoms with van der Waals surface area (Å²) in [5, 5.41) is 8.41. The van der Waals surface area contributed by atoms with Gasteiger partial charge in [0.05, 0.1) is 18.5 Å². The van der Waals surface area contributed by atoms with E-state index in [4.69, 9.17) is 9.84 Å². The molecule has 1 aliphatic rings. The Balaban J connectivity index is 1.93. The molecular weight excluding hydrogens is 152 g/mol. The third-order valence-electron chi connectivity index (χ3n) is 2.25. The van der Waals surface area contributed by atoms with Crippen molar-refractivity contribution in [1.82, 2.24) is 0 Å². The molecule has 2 nitrogen and oxygen atoms in total. The van der Waals surface area contributed by atoms with Crippen LogP contribution in [0.25, 0.3) is 0 Å². The molecule has 2 unspecified atom stereocenters. The van der Waals surface area contributed by atoms with Crippen molar-refractivity contribution in [2.24, 2.45) is 0 Å². The highest BCUT2D eigenvalue weighted by Gasteiger charge is 2.36. The SMILES string of the molecule is CCCCCC1OC1C/C=C/O. The van der Waals surface area contributed by atoms with Crippen molar-refractivity contribution in [3.63, 3.8) is 0 Å². The maximum atomic E-state index is 8.41. The van der Waals surface area contributed by atoms with Crippen LogP contribution in [-0.4, -0.2) is 17.3 Å². The molecular formula is C10H18O2. The summed E-state index contributed by atoms with van der Waals surface area (Å²) in [5.41, 5.74) is 0. The Morgan fingerprint density at radius 1 is 1.33 bits per heavy atom. The summed E-state index contributed by atoms with van der Waals surface area (Å²) >= 11 is 0. The molecule has 0 amide bonds. The second-order valence-electron chi connectivity index (χ2n) is 3.33. The number of epoxide rings is 1. The molecule has 1 N–H and O–H groups in total. The van der Waals surface area contributed by atoms with Crippen LogP contribution < -0.4 is 0 Å². The highest BCUT2D eigenvalue weighted by Crippen LogP contribution is 2.30. The van der Waals surface area contributed by atoms with E-state index in [-0.39, 0.29) is 0 Å². The molecule has 1 fully saturated rings. The maximum absolute atomic E-state index is 8.41. The monoisotopic (exact) mass is 170 g/mol. The zero-order valence-corrected chi connectivity index (χ0v) is 7.70. The standard InChI is InChI=1S/C10H18O2/c1-2-3-4-6-9-10(12-9)7-5-8-11/h5,8-11H,2-4,6-7H2,1H3/b8-5+. The lowest BCUT2D eigenvalue weighted by Gasteiger charge is -1.92. The molecule has 2 atom stereocenters. The van der Waals surface area contributed by atoms with Gasteiger partial charge in [0.15, 0.2) is 0 Å². The summed E-state index contributed by atoms with van der Waals surface area (Å²) < 4.78 is 5.40. The lowest BCUT2D eigenvalue weighted by Crippen LogP contribution is -1.92. The number of ether oxygens (including phenoxy) is 1. The summed E-state index contributed by atoms with van der Waals surface area (Å²) in [5.74, 6) is 0. The van der Waals surface area contributed by atoms with Gasteiger partial charge in [-0.1, -0.05) is 26.2 Å². The van der Waals surface area contributed by atoms with Gasteiger partial charge >= 0.3 is 0 Å². The van der Waals surface area contributed by atoms with E-state index in [0.29, 0.717) is 12.2 Å². The molecule has 0 saturated carbocycles. The minimum atomic E-state index is 0.394. The van der Waals surface area contributed by atoms with Crippen molar-refractivity contribution in [2.45, 2.75) is 51.2 Å². The van der Waals surface area contributed by atoms with E-state index in [1.54, 1.807) is 6.08 Å². The van der Waals surface area contributed by atoms with E-state index in [1.807, 2.05) is 0 Å². The van der Waals surface area contributed by atoms with Crippen LogP contribution in [0.2, 0.25) is 0 Å². The Morgan fingerprint density at radius 3 is 2.83 bits per heavy atom. The predicted molar refractivity (Wildman–Crippen MR) is 49.2 cm³/mol. The average Bonchev–Trinajstić information content (AvgIpc) is 2.81. The van der Waals surface area contributed by atoms with Crippen LogP contribution in [0.1, 0.15) is 39.0 Å². The Morgan fingerprint density at radius 2 is 2.17 bits per heavy atom. The number of aliphatic hydroxyl groups is 1. The van der Waals surface area contributed by atoms with E-state index >= 15 is 0 Å². The zero-order chi connectivity index (χ0) is 8.81. The second-order valence-corrected chi connectivity index (χ2v) is 3.33. The Bertz CT molecular complexity index is 143. The van der Waals surface area contributed by atoms with Gasteiger partial charge in [-0.3, -0.25) is 0 Å². The largest absolute Gasteiger partial charge is 0.516 e. The lowest BCUT2D eigenvalue weighted by molar-refractivity contribution is 0.358. The number of hydrogen-bond acceptors (Lipinski definition) is 2. The maximum Gasteiger partial charge on any atom is 0.0877 e. The molecule has 12 heavy (non-hydrogen) atoms. The third-order valence-corrected chi connectivity index (χ3v) is 2.25. The van der Waals surface area contributed by atoms with E-state index in [9.17, 15) is 0 Å². The molecule has 1 rings (SSSR count). The molecule has 1 aliphatic heterocycles. The molecule has 0 aromatic rings. The summed E-state index contributed by atoms with van der Waals surface area (Å²) in [6.07, 6.45) is 9.65. The minimum absolute atomic E-state index is 0.394. The van der Waals surface area contributed by atoms with E-state index < -0.39 is 0 Å². The van der Waals surface area contributed by atoms with Crippen molar-refractivity contribution in [3.8, 4) is 0 Å². The van der Waals surface area contributed by atoms with Gasteiger partial charge in [0, 0.05) is 0 Å². The molecule has 0 spiro atoms. The smallest absolute Gasteiger partial charge is 0.0877 e. The van der Waals surface area contributed by atoms with Crippen LogP contribution in [0.5, 0.6) is 0 Å². The summed E-state index contributed by atoms with van der Waals surface area (Å²) in [7, 11) is 0. The van der Waals surface area contributed by atoms with Gasteiger partial charge in [0.1, 0.15) is 0 Å². The highest BCUT2D eigenvalue weighted by molar-refractivity contribution is 4.90. The number of hydrogen-bond donors (Lipinski definition) is 1. The van der Waals surface area contributed by atoms with Crippen molar-refractivity contribution < 1.29 is 9.84 Å². The van der Waals surface area contributed by atoms with Crippen LogP contribution in [0.15, 0.2) is 12.3 Å².